The molecule has 1 N–H and O–H groups in total. The average Bonchev–Trinajstić information content (AvgIpc) is 3.03. The Morgan fingerprint density at radius 3 is 2.88 bits per heavy atom. The Balaban J connectivity index is 0.00000144. The Labute approximate surface area is 113 Å². The molecule has 0 aromatic carbocycles. The minimum Gasteiger partial charge on any atom is -0.340 e. The van der Waals surface area contributed by atoms with Crippen LogP contribution in [0.3, 0.4) is 0 Å². The third-order valence-electron chi connectivity index (χ3n) is 2.95. The quantitative estimate of drug-likeness (QED) is 0.894. The fraction of sp³-hybridized carbons (Fsp3) is 0.583. The molecule has 0 spiro atoms. The van der Waals surface area contributed by atoms with Crippen molar-refractivity contribution in [2.75, 3.05) is 27.2 Å². The van der Waals surface area contributed by atoms with Gasteiger partial charge in [0.2, 0.25) is 0 Å². The van der Waals surface area contributed by atoms with Crippen molar-refractivity contribution < 1.29 is 4.79 Å². The number of amides is 1. The lowest BCUT2D eigenvalue weighted by molar-refractivity contribution is 0.0800. The molecule has 0 aliphatic heterocycles. The van der Waals surface area contributed by atoms with Crippen LogP contribution in [0.5, 0.6) is 0 Å². The van der Waals surface area contributed by atoms with Crippen molar-refractivity contribution in [1.82, 2.24) is 10.2 Å². The van der Waals surface area contributed by atoms with Gasteiger partial charge in [0.05, 0.1) is 4.88 Å². The number of nitrogens with one attached hydrogen (secondary N) is 1. The molecule has 2 rings (SSSR count). The van der Waals surface area contributed by atoms with Crippen molar-refractivity contribution in [3.8, 4) is 0 Å². The number of thiophene rings is 1. The SMILES string of the molecule is CNCCN(C)C(=O)c1sccc1C1CC1.Cl. The molecule has 1 heterocycles. The summed E-state index contributed by atoms with van der Waals surface area (Å²) in [6.45, 7) is 1.60. The smallest absolute Gasteiger partial charge is 0.263 e. The Bertz CT molecular complexity index is 376. The van der Waals surface area contributed by atoms with Gasteiger partial charge in [-0.2, -0.15) is 0 Å². The topological polar surface area (TPSA) is 32.3 Å². The molecule has 0 saturated heterocycles. The number of halogens is 1. The van der Waals surface area contributed by atoms with Crippen LogP contribution in [0, 0.1) is 0 Å². The minimum absolute atomic E-state index is 0. The fourth-order valence-electron chi connectivity index (χ4n) is 1.76. The first kappa shape index (κ1) is 14.5. The van der Waals surface area contributed by atoms with Gasteiger partial charge in [0, 0.05) is 20.1 Å². The lowest BCUT2D eigenvalue weighted by Crippen LogP contribution is -2.32. The summed E-state index contributed by atoms with van der Waals surface area (Å²) in [4.78, 5) is 14.9. The maximum Gasteiger partial charge on any atom is 0.263 e. The zero-order valence-corrected chi connectivity index (χ0v) is 11.9. The van der Waals surface area contributed by atoms with E-state index in [1.165, 1.54) is 18.4 Å². The summed E-state index contributed by atoms with van der Waals surface area (Å²) in [5, 5.41) is 5.09. The molecule has 1 fully saturated rings. The summed E-state index contributed by atoms with van der Waals surface area (Å²) in [5.74, 6) is 0.829. The average molecular weight is 275 g/mol. The number of carbonyl (C=O) groups excluding carboxylic acids is 1. The number of carbonyl (C=O) groups is 1. The Morgan fingerprint density at radius 1 is 1.59 bits per heavy atom. The third kappa shape index (κ3) is 3.44. The first-order valence-corrected chi connectivity index (χ1v) is 6.59. The van der Waals surface area contributed by atoms with Crippen LogP contribution in [0.2, 0.25) is 0 Å². The van der Waals surface area contributed by atoms with Gasteiger partial charge in [-0.15, -0.1) is 23.7 Å². The number of rotatable bonds is 5. The Morgan fingerprint density at radius 2 is 2.29 bits per heavy atom. The van der Waals surface area contributed by atoms with Crippen molar-refractivity contribution in [2.24, 2.45) is 0 Å². The Kier molecular flexibility index (Phi) is 5.43. The van der Waals surface area contributed by atoms with Gasteiger partial charge in [-0.3, -0.25) is 4.79 Å². The molecule has 0 bridgehead atoms. The van der Waals surface area contributed by atoms with Crippen LogP contribution < -0.4 is 5.32 Å². The highest BCUT2D eigenvalue weighted by Gasteiger charge is 2.29. The zero-order chi connectivity index (χ0) is 11.5. The second-order valence-electron chi connectivity index (χ2n) is 4.31. The zero-order valence-electron chi connectivity index (χ0n) is 10.2. The summed E-state index contributed by atoms with van der Waals surface area (Å²) in [6, 6.07) is 2.11. The summed E-state index contributed by atoms with van der Waals surface area (Å²) < 4.78 is 0. The fourth-order valence-corrected chi connectivity index (χ4v) is 2.74. The normalized spacial score (nSPS) is 14.2. The molecule has 1 amide bonds. The van der Waals surface area contributed by atoms with E-state index in [-0.39, 0.29) is 18.3 Å². The second-order valence-corrected chi connectivity index (χ2v) is 5.23. The highest BCUT2D eigenvalue weighted by Crippen LogP contribution is 2.43. The van der Waals surface area contributed by atoms with Gasteiger partial charge in [-0.1, -0.05) is 0 Å². The monoisotopic (exact) mass is 274 g/mol. The first-order valence-electron chi connectivity index (χ1n) is 5.71. The van der Waals surface area contributed by atoms with Crippen LogP contribution in [-0.4, -0.2) is 38.0 Å². The van der Waals surface area contributed by atoms with Crippen LogP contribution in [0.4, 0.5) is 0 Å². The van der Waals surface area contributed by atoms with Crippen LogP contribution in [0.25, 0.3) is 0 Å². The molecule has 1 aliphatic rings. The van der Waals surface area contributed by atoms with E-state index in [1.807, 2.05) is 19.5 Å². The van der Waals surface area contributed by atoms with Gasteiger partial charge in [-0.25, -0.2) is 0 Å². The highest BCUT2D eigenvalue weighted by molar-refractivity contribution is 7.12. The molecule has 0 atom stereocenters. The van der Waals surface area contributed by atoms with E-state index in [1.54, 1.807) is 16.2 Å². The van der Waals surface area contributed by atoms with Crippen molar-refractivity contribution in [2.45, 2.75) is 18.8 Å². The lowest BCUT2D eigenvalue weighted by atomic mass is 10.1. The van der Waals surface area contributed by atoms with Gasteiger partial charge in [0.1, 0.15) is 0 Å². The van der Waals surface area contributed by atoms with E-state index >= 15 is 0 Å². The maximum absolute atomic E-state index is 12.2. The lowest BCUT2D eigenvalue weighted by Gasteiger charge is -2.16. The molecule has 0 radical (unpaired) electrons. The Hall–Kier alpha value is -0.580. The summed E-state index contributed by atoms with van der Waals surface area (Å²) in [7, 11) is 3.77. The van der Waals surface area contributed by atoms with Crippen LogP contribution in [0.1, 0.15) is 34.0 Å². The summed E-state index contributed by atoms with van der Waals surface area (Å²) >= 11 is 1.58. The van der Waals surface area contributed by atoms with E-state index in [0.717, 1.165) is 18.0 Å². The predicted molar refractivity (Wildman–Crippen MR) is 74.4 cm³/mol. The van der Waals surface area contributed by atoms with Crippen molar-refractivity contribution in [3.05, 3.63) is 21.9 Å². The molecule has 5 heteroatoms. The van der Waals surface area contributed by atoms with Crippen molar-refractivity contribution >= 4 is 29.7 Å². The van der Waals surface area contributed by atoms with E-state index in [4.69, 9.17) is 0 Å². The number of nitrogens with zero attached hydrogens (tertiary/aromatic N) is 1. The van der Waals surface area contributed by atoms with Crippen molar-refractivity contribution in [1.29, 1.82) is 0 Å². The standard InChI is InChI=1S/C12H18N2OS.ClH/c1-13-6-7-14(2)12(15)11-10(5-8-16-11)9-3-4-9;/h5,8-9,13H,3-4,6-7H2,1-2H3;1H. The third-order valence-corrected chi connectivity index (χ3v) is 3.87. The molecular weight excluding hydrogens is 256 g/mol. The van der Waals surface area contributed by atoms with Gasteiger partial charge in [-0.05, 0) is 42.8 Å². The van der Waals surface area contributed by atoms with E-state index < -0.39 is 0 Å². The predicted octanol–water partition coefficient (Wildman–Crippen LogP) is 2.34. The molecule has 1 aliphatic carbocycles. The number of hydrogen-bond donors (Lipinski definition) is 1. The van der Waals surface area contributed by atoms with Gasteiger partial charge < -0.3 is 10.2 Å². The van der Waals surface area contributed by atoms with E-state index in [0.29, 0.717) is 5.92 Å². The van der Waals surface area contributed by atoms with Crippen molar-refractivity contribution in [3.63, 3.8) is 0 Å². The molecular formula is C12H19ClN2OS. The minimum atomic E-state index is 0. The summed E-state index contributed by atoms with van der Waals surface area (Å²) in [5.41, 5.74) is 1.27. The maximum atomic E-state index is 12.2. The van der Waals surface area contributed by atoms with Crippen LogP contribution >= 0.6 is 23.7 Å². The van der Waals surface area contributed by atoms with Gasteiger partial charge in [0.25, 0.3) is 5.91 Å². The highest BCUT2D eigenvalue weighted by atomic mass is 35.5. The number of hydrogen-bond acceptors (Lipinski definition) is 3. The molecule has 3 nitrogen and oxygen atoms in total. The molecule has 96 valence electrons. The number of likely N-dealkylation sites (N-methyl/N-ethyl adjacent to an activating group) is 2. The van der Waals surface area contributed by atoms with E-state index in [2.05, 4.69) is 11.4 Å². The van der Waals surface area contributed by atoms with Crippen LogP contribution in [0.15, 0.2) is 11.4 Å². The van der Waals surface area contributed by atoms with Gasteiger partial charge in [0.15, 0.2) is 0 Å². The largest absolute Gasteiger partial charge is 0.340 e. The molecule has 1 saturated carbocycles. The molecule has 0 unspecified atom stereocenters. The molecule has 17 heavy (non-hydrogen) atoms. The van der Waals surface area contributed by atoms with Gasteiger partial charge >= 0.3 is 0 Å². The van der Waals surface area contributed by atoms with Crippen LogP contribution in [-0.2, 0) is 0 Å². The summed E-state index contributed by atoms with van der Waals surface area (Å²) in [6.07, 6.45) is 2.49. The second kappa shape index (κ2) is 6.38. The first-order chi connectivity index (χ1) is 7.74. The molecule has 1 aromatic rings. The van der Waals surface area contributed by atoms with E-state index in [9.17, 15) is 4.79 Å². The molecule has 1 aromatic heterocycles.